The van der Waals surface area contributed by atoms with Crippen molar-refractivity contribution in [1.82, 2.24) is 0 Å². The van der Waals surface area contributed by atoms with E-state index in [9.17, 15) is 14.4 Å². The Morgan fingerprint density at radius 2 is 0.551 bits per heavy atom. The number of allylic oxidation sites excluding steroid dienone is 10. The number of rotatable bonds is 54. The molecule has 0 aliphatic rings. The average molecular weight is 966 g/mol. The van der Waals surface area contributed by atoms with Crippen molar-refractivity contribution in [2.45, 2.75) is 309 Å². The monoisotopic (exact) mass is 965 g/mol. The molecule has 0 heterocycles. The maximum absolute atomic E-state index is 12.8. The highest BCUT2D eigenvalue weighted by molar-refractivity contribution is 5.71. The third kappa shape index (κ3) is 55.9. The minimum absolute atomic E-state index is 0.0799. The Hall–Kier alpha value is -2.89. The van der Waals surface area contributed by atoms with Crippen LogP contribution in [0.2, 0.25) is 0 Å². The number of esters is 3. The number of hydrogen-bond donors (Lipinski definition) is 0. The van der Waals surface area contributed by atoms with E-state index < -0.39 is 6.10 Å². The number of ether oxygens (including phenoxy) is 3. The molecule has 6 nitrogen and oxygen atoms in total. The molecule has 0 aliphatic heterocycles. The molecule has 1 unspecified atom stereocenters. The second kappa shape index (κ2) is 57.7. The number of hydrogen-bond acceptors (Lipinski definition) is 6. The lowest BCUT2D eigenvalue weighted by Gasteiger charge is -2.18. The Labute approximate surface area is 428 Å². The van der Waals surface area contributed by atoms with Crippen molar-refractivity contribution < 1.29 is 28.6 Å². The fourth-order valence-corrected chi connectivity index (χ4v) is 8.45. The van der Waals surface area contributed by atoms with E-state index in [1.165, 1.54) is 167 Å². The summed E-state index contributed by atoms with van der Waals surface area (Å²) in [5, 5.41) is 0. The molecule has 0 saturated heterocycles. The smallest absolute Gasteiger partial charge is 0.306 e. The van der Waals surface area contributed by atoms with Gasteiger partial charge >= 0.3 is 17.9 Å². The maximum Gasteiger partial charge on any atom is 0.306 e. The van der Waals surface area contributed by atoms with Crippen molar-refractivity contribution in [3.8, 4) is 0 Å². The van der Waals surface area contributed by atoms with Gasteiger partial charge in [0, 0.05) is 19.3 Å². The van der Waals surface area contributed by atoms with Crippen LogP contribution in [0.5, 0.6) is 0 Å². The van der Waals surface area contributed by atoms with E-state index >= 15 is 0 Å². The molecule has 0 aromatic heterocycles. The van der Waals surface area contributed by atoms with Crippen LogP contribution in [0.1, 0.15) is 303 Å². The topological polar surface area (TPSA) is 78.9 Å². The van der Waals surface area contributed by atoms with E-state index in [4.69, 9.17) is 14.2 Å². The summed E-state index contributed by atoms with van der Waals surface area (Å²) in [7, 11) is 0. The average Bonchev–Trinajstić information content (AvgIpc) is 3.35. The molecule has 0 radical (unpaired) electrons. The first kappa shape index (κ1) is 66.1. The molecule has 0 amide bonds. The fourth-order valence-electron chi connectivity index (χ4n) is 8.45. The van der Waals surface area contributed by atoms with Gasteiger partial charge in [-0.1, -0.05) is 242 Å². The summed E-state index contributed by atoms with van der Waals surface area (Å²) in [6.45, 7) is 6.56. The van der Waals surface area contributed by atoms with Crippen LogP contribution in [0.15, 0.2) is 60.8 Å². The summed E-state index contributed by atoms with van der Waals surface area (Å²) in [5.74, 6) is -0.892. The van der Waals surface area contributed by atoms with E-state index in [0.29, 0.717) is 19.3 Å². The highest BCUT2D eigenvalue weighted by Gasteiger charge is 2.19. The Bertz CT molecular complexity index is 1250. The number of carbonyl (C=O) groups is 3. The maximum atomic E-state index is 12.8. The third-order valence-electron chi connectivity index (χ3n) is 12.9. The fraction of sp³-hybridized carbons (Fsp3) is 0.794. The number of unbranched alkanes of at least 4 members (excludes halogenated alkanes) is 33. The first-order valence-corrected chi connectivity index (χ1v) is 29.8. The van der Waals surface area contributed by atoms with Crippen LogP contribution in [-0.4, -0.2) is 37.2 Å². The lowest BCUT2D eigenvalue weighted by atomic mass is 10.0. The molecule has 0 N–H and O–H groups in total. The second-order valence-electron chi connectivity index (χ2n) is 19.9. The van der Waals surface area contributed by atoms with E-state index in [1.54, 1.807) is 0 Å². The lowest BCUT2D eigenvalue weighted by Crippen LogP contribution is -2.30. The molecule has 0 rings (SSSR count). The van der Waals surface area contributed by atoms with Crippen molar-refractivity contribution in [1.29, 1.82) is 0 Å². The van der Waals surface area contributed by atoms with Gasteiger partial charge in [0.1, 0.15) is 13.2 Å². The molecular weight excluding hydrogens is 853 g/mol. The van der Waals surface area contributed by atoms with Crippen LogP contribution in [-0.2, 0) is 28.6 Å². The van der Waals surface area contributed by atoms with Gasteiger partial charge in [-0.2, -0.15) is 0 Å². The molecule has 1 atom stereocenters. The minimum atomic E-state index is -0.781. The predicted molar refractivity (Wildman–Crippen MR) is 298 cm³/mol. The quantitative estimate of drug-likeness (QED) is 0.0262. The summed E-state index contributed by atoms with van der Waals surface area (Å²) >= 11 is 0. The first-order valence-electron chi connectivity index (χ1n) is 29.8. The van der Waals surface area contributed by atoms with Crippen molar-refractivity contribution in [2.75, 3.05) is 13.2 Å². The first-order chi connectivity index (χ1) is 34.0. The standard InChI is InChI=1S/C63H112O6/c1-4-7-10-13-16-19-22-24-26-27-28-29-30-31-32-33-34-35-36-37-38-40-41-44-47-50-53-56-62(65)68-59-60(58-67-61(64)55-52-49-46-43-21-18-15-12-9-6-3)69-63(66)57-54-51-48-45-42-39-25-23-20-17-14-11-8-5-2/h12,15,22-25,27-28,30-31,60H,4-11,13-14,16-21,26,29,32-59H2,1-3H3/b15-12-,24-22-,25-23-,28-27-,31-30-. The van der Waals surface area contributed by atoms with Gasteiger partial charge in [-0.25, -0.2) is 0 Å². The molecule has 6 heteroatoms. The predicted octanol–water partition coefficient (Wildman–Crippen LogP) is 20.0. The normalized spacial score (nSPS) is 12.4. The number of carbonyl (C=O) groups excluding carboxylic acids is 3. The third-order valence-corrected chi connectivity index (χ3v) is 12.9. The van der Waals surface area contributed by atoms with Crippen LogP contribution in [0.25, 0.3) is 0 Å². The zero-order chi connectivity index (χ0) is 50.0. The molecule has 0 aromatic rings. The van der Waals surface area contributed by atoms with Crippen molar-refractivity contribution in [2.24, 2.45) is 0 Å². The van der Waals surface area contributed by atoms with E-state index in [2.05, 4.69) is 81.5 Å². The van der Waals surface area contributed by atoms with Gasteiger partial charge in [0.2, 0.25) is 0 Å². The Kier molecular flexibility index (Phi) is 55.3. The van der Waals surface area contributed by atoms with Crippen molar-refractivity contribution >= 4 is 17.9 Å². The van der Waals surface area contributed by atoms with Crippen molar-refractivity contribution in [3.63, 3.8) is 0 Å². The Balaban J connectivity index is 4.19. The molecule has 0 spiro atoms. The van der Waals surface area contributed by atoms with Gasteiger partial charge in [0.25, 0.3) is 0 Å². The van der Waals surface area contributed by atoms with Crippen LogP contribution >= 0.6 is 0 Å². The highest BCUT2D eigenvalue weighted by atomic mass is 16.6. The summed E-state index contributed by atoms with van der Waals surface area (Å²) in [4.78, 5) is 38.1. The Morgan fingerprint density at radius 1 is 0.290 bits per heavy atom. The SMILES string of the molecule is CCC/C=C\CCCCCCCC(=O)OCC(COC(=O)CCCCCCCCCCCCCC/C=C\C/C=C\C/C=C\CCCCCCC)OC(=O)CCCCCCC/C=C\CCCCCCC. The molecule has 0 fully saturated rings. The molecule has 0 saturated carbocycles. The van der Waals surface area contributed by atoms with Gasteiger partial charge in [-0.15, -0.1) is 0 Å². The minimum Gasteiger partial charge on any atom is -0.462 e. The van der Waals surface area contributed by atoms with Gasteiger partial charge in [-0.3, -0.25) is 14.4 Å². The van der Waals surface area contributed by atoms with E-state index in [0.717, 1.165) is 96.3 Å². The van der Waals surface area contributed by atoms with Gasteiger partial charge in [0.05, 0.1) is 0 Å². The molecule has 0 bridgehead atoms. The summed E-state index contributed by atoms with van der Waals surface area (Å²) in [5.41, 5.74) is 0. The lowest BCUT2D eigenvalue weighted by molar-refractivity contribution is -0.167. The van der Waals surface area contributed by atoms with Crippen LogP contribution < -0.4 is 0 Å². The molecule has 0 aliphatic carbocycles. The molecule has 400 valence electrons. The second-order valence-corrected chi connectivity index (χ2v) is 19.9. The van der Waals surface area contributed by atoms with Crippen LogP contribution in [0, 0.1) is 0 Å². The summed E-state index contributed by atoms with van der Waals surface area (Å²) < 4.78 is 16.8. The van der Waals surface area contributed by atoms with E-state index in [1.807, 2.05) is 0 Å². The summed E-state index contributed by atoms with van der Waals surface area (Å²) in [6, 6.07) is 0. The van der Waals surface area contributed by atoms with Gasteiger partial charge in [-0.05, 0) is 103 Å². The van der Waals surface area contributed by atoms with Gasteiger partial charge < -0.3 is 14.2 Å². The Morgan fingerprint density at radius 3 is 0.884 bits per heavy atom. The zero-order valence-corrected chi connectivity index (χ0v) is 45.8. The summed E-state index contributed by atoms with van der Waals surface area (Å²) in [6.07, 6.45) is 72.3. The zero-order valence-electron chi connectivity index (χ0n) is 45.8. The molecule has 0 aromatic carbocycles. The molecule has 69 heavy (non-hydrogen) atoms. The van der Waals surface area contributed by atoms with E-state index in [-0.39, 0.29) is 31.1 Å². The highest BCUT2D eigenvalue weighted by Crippen LogP contribution is 2.16. The largest absolute Gasteiger partial charge is 0.462 e. The van der Waals surface area contributed by atoms with Gasteiger partial charge in [0.15, 0.2) is 6.10 Å². The molecular formula is C63H112O6. The van der Waals surface area contributed by atoms with Crippen molar-refractivity contribution in [3.05, 3.63) is 60.8 Å². The van der Waals surface area contributed by atoms with Crippen LogP contribution in [0.3, 0.4) is 0 Å². The van der Waals surface area contributed by atoms with Crippen LogP contribution in [0.4, 0.5) is 0 Å².